The molecule has 0 saturated heterocycles. The van der Waals surface area contributed by atoms with E-state index in [1.807, 2.05) is 12.3 Å². The molecule has 1 aromatic carbocycles. The highest BCUT2D eigenvalue weighted by Crippen LogP contribution is 2.29. The fraction of sp³-hybridized carbons (Fsp3) is 0.263. The number of hydrogen-bond donors (Lipinski definition) is 0. The Morgan fingerprint density at radius 2 is 1.83 bits per heavy atom. The number of benzene rings is 1. The van der Waals surface area contributed by atoms with Crippen LogP contribution in [-0.2, 0) is 6.42 Å². The molecular weight excluding hydrogens is 368 g/mol. The summed E-state index contributed by atoms with van der Waals surface area (Å²) in [5.74, 6) is 0. The molecule has 120 valence electrons. The van der Waals surface area contributed by atoms with Crippen LogP contribution in [-0.4, -0.2) is 9.97 Å². The van der Waals surface area contributed by atoms with Crippen molar-refractivity contribution in [3.63, 3.8) is 0 Å². The molecule has 3 rings (SSSR count). The van der Waals surface area contributed by atoms with Crippen molar-refractivity contribution in [2.24, 2.45) is 0 Å². The van der Waals surface area contributed by atoms with Gasteiger partial charge >= 0.3 is 0 Å². The smallest absolute Gasteiger partial charge is 0.124 e. The molecule has 0 spiro atoms. The summed E-state index contributed by atoms with van der Waals surface area (Å²) in [7, 11) is 0. The van der Waals surface area contributed by atoms with Crippen molar-refractivity contribution in [1.82, 2.24) is 9.97 Å². The highest BCUT2D eigenvalue weighted by Gasteiger charge is 2.08. The van der Waals surface area contributed by atoms with Gasteiger partial charge in [0.25, 0.3) is 0 Å². The minimum Gasteiger partial charge on any atom is -1.00 e. The number of pyridine rings is 1. The van der Waals surface area contributed by atoms with Crippen molar-refractivity contribution in [3.05, 3.63) is 58.7 Å². The third kappa shape index (κ3) is 4.06. The van der Waals surface area contributed by atoms with Gasteiger partial charge in [0.05, 0.1) is 5.69 Å². The van der Waals surface area contributed by atoms with Crippen LogP contribution in [0, 0.1) is 13.8 Å². The van der Waals surface area contributed by atoms with Crippen LogP contribution >= 0.6 is 11.3 Å². The summed E-state index contributed by atoms with van der Waals surface area (Å²) in [6.07, 6.45) is 4.02. The van der Waals surface area contributed by atoms with Gasteiger partial charge in [0.2, 0.25) is 0 Å². The monoisotopic (exact) mass is 387 g/mol. The minimum absolute atomic E-state index is 0. The Labute approximate surface area is 152 Å². The fourth-order valence-corrected chi connectivity index (χ4v) is 3.27. The maximum atomic E-state index is 4.81. The zero-order valence-electron chi connectivity index (χ0n) is 13.6. The predicted octanol–water partition coefficient (Wildman–Crippen LogP) is 2.45. The van der Waals surface area contributed by atoms with Gasteiger partial charge < -0.3 is 17.0 Å². The third-order valence-electron chi connectivity index (χ3n) is 3.88. The van der Waals surface area contributed by atoms with Gasteiger partial charge in [-0.1, -0.05) is 25.5 Å². The van der Waals surface area contributed by atoms with E-state index >= 15 is 0 Å². The molecule has 0 bridgehead atoms. The van der Waals surface area contributed by atoms with Crippen LogP contribution in [0.25, 0.3) is 21.8 Å². The Bertz CT molecular complexity index is 796. The summed E-state index contributed by atoms with van der Waals surface area (Å²) < 4.78 is 0. The zero-order valence-corrected chi connectivity index (χ0v) is 16.0. The molecule has 4 heteroatoms. The van der Waals surface area contributed by atoms with Gasteiger partial charge in [0.15, 0.2) is 0 Å². The van der Waals surface area contributed by atoms with Crippen molar-refractivity contribution in [2.45, 2.75) is 33.6 Å². The van der Waals surface area contributed by atoms with Crippen LogP contribution in [0.2, 0.25) is 0 Å². The van der Waals surface area contributed by atoms with E-state index in [2.05, 4.69) is 55.4 Å². The summed E-state index contributed by atoms with van der Waals surface area (Å²) >= 11 is 1.70. The average Bonchev–Trinajstić information content (AvgIpc) is 3.01. The van der Waals surface area contributed by atoms with Gasteiger partial charge in [-0.3, -0.25) is 4.98 Å². The van der Waals surface area contributed by atoms with Crippen LogP contribution in [0.15, 0.2) is 41.9 Å². The number of aryl methyl sites for hydroxylation is 3. The van der Waals surface area contributed by atoms with E-state index in [9.17, 15) is 0 Å². The molecule has 0 unspecified atom stereocenters. The fourth-order valence-electron chi connectivity index (χ4n) is 2.44. The van der Waals surface area contributed by atoms with Gasteiger partial charge in [0, 0.05) is 28.4 Å². The molecule has 0 radical (unpaired) electrons. The first-order chi connectivity index (χ1) is 10.7. The SMILES string of the molecule is CCCc1cc(-c2nc(-c3ccc(C)c(C)c3)cs2)ccn1.[Br-]. The van der Waals surface area contributed by atoms with Gasteiger partial charge in [0.1, 0.15) is 5.01 Å². The summed E-state index contributed by atoms with van der Waals surface area (Å²) in [6, 6.07) is 10.7. The average molecular weight is 388 g/mol. The molecule has 0 saturated carbocycles. The molecule has 2 heterocycles. The predicted molar refractivity (Wildman–Crippen MR) is 94.3 cm³/mol. The van der Waals surface area contributed by atoms with Crippen LogP contribution < -0.4 is 17.0 Å². The Balaban J connectivity index is 0.00000192. The molecular formula is C19H20BrN2S-. The van der Waals surface area contributed by atoms with Crippen LogP contribution in [0.5, 0.6) is 0 Å². The van der Waals surface area contributed by atoms with E-state index in [0.717, 1.165) is 29.2 Å². The maximum Gasteiger partial charge on any atom is 0.124 e. The lowest BCUT2D eigenvalue weighted by Crippen LogP contribution is -3.00. The summed E-state index contributed by atoms with van der Waals surface area (Å²) in [5, 5.41) is 3.20. The highest BCUT2D eigenvalue weighted by atomic mass is 79.9. The van der Waals surface area contributed by atoms with Crippen molar-refractivity contribution in [3.8, 4) is 21.8 Å². The standard InChI is InChI=1S/C19H20N2S.BrH/c1-4-5-17-11-16(8-9-20-17)19-21-18(12-22-19)15-7-6-13(2)14(3)10-15;/h6-12H,4-5H2,1-3H3;1H/p-1. The Morgan fingerprint density at radius 1 is 1.00 bits per heavy atom. The van der Waals surface area contributed by atoms with Crippen molar-refractivity contribution in [2.75, 3.05) is 0 Å². The minimum atomic E-state index is 0. The number of halogens is 1. The van der Waals surface area contributed by atoms with Gasteiger partial charge in [-0.15, -0.1) is 11.3 Å². The molecule has 2 nitrogen and oxygen atoms in total. The first-order valence-electron chi connectivity index (χ1n) is 7.66. The Kier molecular flexibility index (Phi) is 6.08. The van der Waals surface area contributed by atoms with E-state index in [1.165, 1.54) is 22.3 Å². The molecule has 3 aromatic rings. The normalized spacial score (nSPS) is 10.4. The quantitative estimate of drug-likeness (QED) is 0.686. The molecule has 0 aliphatic heterocycles. The number of aromatic nitrogens is 2. The van der Waals surface area contributed by atoms with Crippen LogP contribution in [0.1, 0.15) is 30.2 Å². The van der Waals surface area contributed by atoms with Gasteiger partial charge in [-0.25, -0.2) is 4.98 Å². The molecule has 0 aliphatic carbocycles. The lowest BCUT2D eigenvalue weighted by atomic mass is 10.1. The summed E-state index contributed by atoms with van der Waals surface area (Å²) in [5.41, 5.74) is 7.17. The van der Waals surface area contributed by atoms with E-state index in [4.69, 9.17) is 4.98 Å². The van der Waals surface area contributed by atoms with Crippen LogP contribution in [0.4, 0.5) is 0 Å². The largest absolute Gasteiger partial charge is 1.00 e. The third-order valence-corrected chi connectivity index (χ3v) is 4.77. The molecule has 2 aromatic heterocycles. The molecule has 0 fully saturated rings. The highest BCUT2D eigenvalue weighted by molar-refractivity contribution is 7.13. The lowest BCUT2D eigenvalue weighted by molar-refractivity contribution is -0.00000467. The molecule has 0 amide bonds. The van der Waals surface area contributed by atoms with E-state index < -0.39 is 0 Å². The van der Waals surface area contributed by atoms with Crippen molar-refractivity contribution >= 4 is 11.3 Å². The summed E-state index contributed by atoms with van der Waals surface area (Å²) in [6.45, 7) is 6.46. The van der Waals surface area contributed by atoms with Crippen molar-refractivity contribution in [1.29, 1.82) is 0 Å². The second-order valence-corrected chi connectivity index (χ2v) is 6.48. The lowest BCUT2D eigenvalue weighted by Gasteiger charge is -2.03. The number of hydrogen-bond acceptors (Lipinski definition) is 3. The second kappa shape index (κ2) is 7.84. The zero-order chi connectivity index (χ0) is 15.5. The molecule has 23 heavy (non-hydrogen) atoms. The summed E-state index contributed by atoms with van der Waals surface area (Å²) in [4.78, 5) is 9.23. The first-order valence-corrected chi connectivity index (χ1v) is 8.54. The van der Waals surface area contributed by atoms with E-state index in [-0.39, 0.29) is 17.0 Å². The number of thiazole rings is 1. The van der Waals surface area contributed by atoms with Gasteiger partial charge in [-0.05, 0) is 49.6 Å². The Hall–Kier alpha value is -1.52. The topological polar surface area (TPSA) is 25.8 Å². The first kappa shape index (κ1) is 17.8. The van der Waals surface area contributed by atoms with Gasteiger partial charge in [-0.2, -0.15) is 0 Å². The molecule has 0 atom stereocenters. The van der Waals surface area contributed by atoms with Crippen molar-refractivity contribution < 1.29 is 17.0 Å². The number of rotatable bonds is 4. The van der Waals surface area contributed by atoms with Crippen LogP contribution in [0.3, 0.4) is 0 Å². The molecule has 0 N–H and O–H groups in total. The molecule has 0 aliphatic rings. The Morgan fingerprint density at radius 3 is 2.57 bits per heavy atom. The second-order valence-electron chi connectivity index (χ2n) is 5.62. The van der Waals surface area contributed by atoms with E-state index in [1.54, 1.807) is 11.3 Å². The number of nitrogens with zero attached hydrogens (tertiary/aromatic N) is 2. The maximum absolute atomic E-state index is 4.81. The van der Waals surface area contributed by atoms with E-state index in [0.29, 0.717) is 0 Å².